The molecule has 0 bridgehead atoms. The van der Waals surface area contributed by atoms with Crippen molar-refractivity contribution in [2.24, 2.45) is 0 Å². The van der Waals surface area contributed by atoms with E-state index in [4.69, 9.17) is 0 Å². The van der Waals surface area contributed by atoms with Gasteiger partial charge in [-0.05, 0) is 0 Å². The Morgan fingerprint density at radius 3 is 1.31 bits per heavy atom. The minimum atomic E-state index is -3.38. The number of hydrogen-bond donors (Lipinski definition) is 0. The van der Waals surface area contributed by atoms with E-state index < -0.39 is 15.7 Å². The molecule has 0 N–H and O–H groups in total. The van der Waals surface area contributed by atoms with Crippen LogP contribution in [0.3, 0.4) is 0 Å². The Hall–Kier alpha value is -2.21. The fourth-order valence-corrected chi connectivity index (χ4v) is 35.8. The van der Waals surface area contributed by atoms with Gasteiger partial charge in [0.05, 0.1) is 0 Å². The normalized spacial score (nSPS) is 18.9. The van der Waals surface area contributed by atoms with E-state index in [0.29, 0.717) is 7.25 Å². The first-order valence-electron chi connectivity index (χ1n) is 13.0. The van der Waals surface area contributed by atoms with Gasteiger partial charge in [0.25, 0.3) is 0 Å². The zero-order valence-electron chi connectivity index (χ0n) is 21.8. The van der Waals surface area contributed by atoms with E-state index in [0.717, 1.165) is 0 Å². The fraction of sp³-hybridized carbons (Fsp3) is 0.176. The fourth-order valence-electron chi connectivity index (χ4n) is 7.53. The maximum absolute atomic E-state index is 3.38. The van der Waals surface area contributed by atoms with Crippen LogP contribution >= 0.6 is 0 Å². The van der Waals surface area contributed by atoms with Crippen LogP contribution < -0.4 is 0 Å². The van der Waals surface area contributed by atoms with Gasteiger partial charge in [0.2, 0.25) is 0 Å². The molecule has 0 fully saturated rings. The van der Waals surface area contributed by atoms with Crippen LogP contribution in [-0.2, 0) is 15.7 Å². The monoisotopic (exact) mass is 606 g/mol. The van der Waals surface area contributed by atoms with Crippen LogP contribution in [0.5, 0.6) is 0 Å². The third-order valence-corrected chi connectivity index (χ3v) is 31.8. The summed E-state index contributed by atoms with van der Waals surface area (Å²) in [6.45, 7) is 4.81. The molecule has 36 heavy (non-hydrogen) atoms. The van der Waals surface area contributed by atoms with Crippen molar-refractivity contribution in [3.8, 4) is 22.3 Å². The van der Waals surface area contributed by atoms with Crippen LogP contribution in [0, 0.1) is 0 Å². The van der Waals surface area contributed by atoms with Gasteiger partial charge in [0, 0.05) is 0 Å². The summed E-state index contributed by atoms with van der Waals surface area (Å²) in [5.74, 6) is 0. The molecule has 4 aromatic rings. The summed E-state index contributed by atoms with van der Waals surface area (Å²) in [7, 11) is 0. The predicted octanol–water partition coefficient (Wildman–Crippen LogP) is 8.97. The van der Waals surface area contributed by atoms with Crippen molar-refractivity contribution in [3.05, 3.63) is 130 Å². The van der Waals surface area contributed by atoms with Crippen LogP contribution in [0.4, 0.5) is 0 Å². The van der Waals surface area contributed by atoms with E-state index in [-0.39, 0.29) is 0 Å². The molecule has 0 heterocycles. The van der Waals surface area contributed by atoms with Crippen LogP contribution in [-0.4, -0.2) is 12.1 Å². The van der Waals surface area contributed by atoms with Crippen molar-refractivity contribution in [1.29, 1.82) is 0 Å². The Balaban J connectivity index is 1.51. The van der Waals surface area contributed by atoms with Gasteiger partial charge in [-0.2, -0.15) is 0 Å². The third kappa shape index (κ3) is 3.74. The van der Waals surface area contributed by atoms with Crippen molar-refractivity contribution >= 4 is 24.3 Å². The van der Waals surface area contributed by atoms with Crippen LogP contribution in [0.25, 0.3) is 34.4 Å². The number of hydrogen-bond acceptors (Lipinski definition) is 0. The molecule has 0 saturated heterocycles. The molecule has 178 valence electrons. The number of rotatable bonds is 4. The predicted molar refractivity (Wildman–Crippen MR) is 157 cm³/mol. The van der Waals surface area contributed by atoms with Crippen molar-refractivity contribution in [1.82, 2.24) is 0 Å². The Labute approximate surface area is 221 Å². The van der Waals surface area contributed by atoms with E-state index in [1.54, 1.807) is 22.3 Å². The Morgan fingerprint density at radius 1 is 0.528 bits per heavy atom. The zero-order chi connectivity index (χ0) is 25.1. The molecule has 2 heteroatoms. The molecular formula is C34H34GeZr. The molecule has 0 saturated carbocycles. The molecule has 2 aliphatic rings. The molecule has 2 aliphatic carbocycles. The average molecular weight is 606 g/mol. The molecule has 2 atom stereocenters. The second-order valence-corrected chi connectivity index (χ2v) is 56.9. The molecule has 6 rings (SSSR count). The van der Waals surface area contributed by atoms with Gasteiger partial charge in [0.1, 0.15) is 0 Å². The van der Waals surface area contributed by atoms with Gasteiger partial charge >= 0.3 is 223 Å². The maximum atomic E-state index is 2.76. The Kier molecular flexibility index (Phi) is 5.82. The number of allylic oxidation sites excluding steroid dienone is 2. The quantitative estimate of drug-likeness (QED) is 0.204. The average Bonchev–Trinajstić information content (AvgIpc) is 3.41. The summed E-state index contributed by atoms with van der Waals surface area (Å²) in [5, 5.41) is 0. The summed E-state index contributed by atoms with van der Waals surface area (Å²) in [6, 6.07) is 35.9. The Bertz CT molecular complexity index is 1500. The first kappa shape index (κ1) is 24.1. The SMILES string of the molecule is CC1=Cc2c(-c3ccccc3)cccc2[CH]1[Zr]([CH3])([CH3])(=[GeH2])[CH]1C(C)=Cc2c(-c3ccccc3)cccc21. The molecule has 2 unspecified atom stereocenters. The zero-order valence-corrected chi connectivity index (χ0v) is 27.2. The number of benzene rings is 4. The molecule has 0 nitrogen and oxygen atoms in total. The summed E-state index contributed by atoms with van der Waals surface area (Å²) in [6.07, 6.45) is 5.04. The van der Waals surface area contributed by atoms with Crippen molar-refractivity contribution in [3.63, 3.8) is 0 Å². The van der Waals surface area contributed by atoms with E-state index in [2.05, 4.69) is 132 Å². The van der Waals surface area contributed by atoms with Crippen LogP contribution in [0.1, 0.15) is 43.4 Å². The van der Waals surface area contributed by atoms with Gasteiger partial charge in [-0.3, -0.25) is 0 Å². The summed E-state index contributed by atoms with van der Waals surface area (Å²) in [4.78, 5) is 0. The molecule has 0 aromatic heterocycles. The third-order valence-electron chi connectivity index (χ3n) is 8.62. The molecule has 0 aliphatic heterocycles. The van der Waals surface area contributed by atoms with Gasteiger partial charge in [0.15, 0.2) is 0 Å². The minimum absolute atomic E-state index is 0.588. The summed E-state index contributed by atoms with van der Waals surface area (Å²) in [5.41, 5.74) is 14.6. The molecular weight excluding hydrogens is 572 g/mol. The van der Waals surface area contributed by atoms with Gasteiger partial charge in [-0.1, -0.05) is 0 Å². The molecule has 0 amide bonds. The van der Waals surface area contributed by atoms with Gasteiger partial charge in [-0.25, -0.2) is 0 Å². The van der Waals surface area contributed by atoms with Gasteiger partial charge < -0.3 is 0 Å². The van der Waals surface area contributed by atoms with Crippen molar-refractivity contribution in [2.45, 2.75) is 30.4 Å². The van der Waals surface area contributed by atoms with Crippen LogP contribution in [0.2, 0.25) is 9.26 Å². The molecule has 0 radical (unpaired) electrons. The van der Waals surface area contributed by atoms with E-state index in [9.17, 15) is 0 Å². The van der Waals surface area contributed by atoms with Gasteiger partial charge in [-0.15, -0.1) is 0 Å². The second-order valence-electron chi connectivity index (χ2n) is 11.9. The number of fused-ring (bicyclic) bond motifs is 2. The first-order chi connectivity index (χ1) is 17.2. The Morgan fingerprint density at radius 2 is 0.917 bits per heavy atom. The van der Waals surface area contributed by atoms with Crippen molar-refractivity contribution < 1.29 is 15.7 Å². The summed E-state index contributed by atoms with van der Waals surface area (Å²) >= 11 is -1.97. The summed E-state index contributed by atoms with van der Waals surface area (Å²) < 4.78 is 6.70. The van der Waals surface area contributed by atoms with E-state index in [1.807, 2.05) is 0 Å². The second kappa shape index (κ2) is 8.68. The van der Waals surface area contributed by atoms with Crippen LogP contribution in [0.15, 0.2) is 108 Å². The molecule has 4 aromatic carbocycles. The standard InChI is InChI=1S/2C16H13.2CH3.GeH2.Zr/c2*1-12-10-14-8-5-9-15(16(14)11-12)13-6-3-2-4-7-13;;;;/h2*2-11H,1H3;2*1H3;1H2;. The molecule has 0 spiro atoms. The van der Waals surface area contributed by atoms with Crippen molar-refractivity contribution in [2.75, 3.05) is 0 Å². The first-order valence-corrected chi connectivity index (χ1v) is 31.3. The van der Waals surface area contributed by atoms with E-state index >= 15 is 0 Å². The topological polar surface area (TPSA) is 0 Å². The van der Waals surface area contributed by atoms with E-state index in [1.165, 1.54) is 45.5 Å².